The molecule has 0 saturated carbocycles. The van der Waals surface area contributed by atoms with E-state index in [1.807, 2.05) is 30.3 Å². The zero-order valence-electron chi connectivity index (χ0n) is 19.5. The Balaban J connectivity index is 0.00000385. The number of ether oxygens (including phenoxy) is 3. The Bertz CT molecular complexity index is 783. The van der Waals surface area contributed by atoms with Crippen molar-refractivity contribution in [2.75, 3.05) is 59.2 Å². The molecule has 184 valence electrons. The largest absolute Gasteiger partial charge is 0.492 e. The van der Waals surface area contributed by atoms with Crippen LogP contribution >= 0.6 is 24.0 Å². The van der Waals surface area contributed by atoms with Gasteiger partial charge in [-0.1, -0.05) is 18.2 Å². The molecule has 1 aliphatic rings. The summed E-state index contributed by atoms with van der Waals surface area (Å²) in [5.74, 6) is 2.53. The van der Waals surface area contributed by atoms with Crippen LogP contribution in [-0.2, 0) is 22.6 Å². The van der Waals surface area contributed by atoms with Crippen molar-refractivity contribution in [2.45, 2.75) is 26.5 Å². The number of nitrogens with zero attached hydrogens (tertiary/aromatic N) is 2. The minimum absolute atomic E-state index is 0. The van der Waals surface area contributed by atoms with Gasteiger partial charge in [0.2, 0.25) is 0 Å². The lowest BCUT2D eigenvalue weighted by molar-refractivity contribution is 0.0322. The Kier molecular flexibility index (Phi) is 13.9. The maximum Gasteiger partial charge on any atom is 0.191 e. The fraction of sp³-hybridized carbons (Fsp3) is 0.542. The van der Waals surface area contributed by atoms with Gasteiger partial charge in [0, 0.05) is 44.9 Å². The van der Waals surface area contributed by atoms with Crippen molar-refractivity contribution < 1.29 is 18.6 Å². The van der Waals surface area contributed by atoms with Crippen LogP contribution < -0.4 is 15.4 Å². The van der Waals surface area contributed by atoms with Gasteiger partial charge in [0.05, 0.1) is 26.0 Å². The number of morpholine rings is 1. The minimum atomic E-state index is 0. The normalized spacial score (nSPS) is 14.5. The van der Waals surface area contributed by atoms with Crippen LogP contribution in [0.15, 0.2) is 52.1 Å². The highest BCUT2D eigenvalue weighted by molar-refractivity contribution is 14.0. The number of halogens is 1. The van der Waals surface area contributed by atoms with Gasteiger partial charge in [-0.3, -0.25) is 4.90 Å². The Hall–Kier alpha value is -1.82. The molecule has 2 aromatic rings. The molecule has 1 saturated heterocycles. The van der Waals surface area contributed by atoms with E-state index in [0.29, 0.717) is 26.4 Å². The average Bonchev–Trinajstić information content (AvgIpc) is 3.35. The van der Waals surface area contributed by atoms with E-state index in [4.69, 9.17) is 23.6 Å². The Morgan fingerprint density at radius 1 is 1.09 bits per heavy atom. The number of nitrogens with one attached hydrogen (secondary N) is 2. The lowest BCUT2D eigenvalue weighted by atomic mass is 10.2. The summed E-state index contributed by atoms with van der Waals surface area (Å²) in [6, 6.07) is 11.9. The molecule has 0 aliphatic carbocycles. The van der Waals surface area contributed by atoms with Crippen molar-refractivity contribution >= 4 is 29.9 Å². The summed E-state index contributed by atoms with van der Waals surface area (Å²) in [6.45, 7) is 10.5. The molecule has 0 unspecified atom stereocenters. The molecule has 0 amide bonds. The van der Waals surface area contributed by atoms with Crippen molar-refractivity contribution in [3.63, 3.8) is 0 Å². The number of benzene rings is 1. The molecule has 33 heavy (non-hydrogen) atoms. The number of guanidine groups is 1. The Morgan fingerprint density at radius 2 is 1.94 bits per heavy atom. The zero-order valence-corrected chi connectivity index (χ0v) is 21.8. The predicted octanol–water partition coefficient (Wildman–Crippen LogP) is 3.27. The molecule has 1 aromatic heterocycles. The number of para-hydroxylation sites is 1. The highest BCUT2D eigenvalue weighted by Crippen LogP contribution is 2.19. The summed E-state index contributed by atoms with van der Waals surface area (Å²) < 4.78 is 22.4. The molecule has 0 bridgehead atoms. The maximum atomic E-state index is 6.07. The predicted molar refractivity (Wildman–Crippen MR) is 140 cm³/mol. The van der Waals surface area contributed by atoms with Crippen molar-refractivity contribution in [1.82, 2.24) is 15.5 Å². The zero-order chi connectivity index (χ0) is 22.3. The van der Waals surface area contributed by atoms with Gasteiger partial charge >= 0.3 is 0 Å². The molecule has 2 heterocycles. The van der Waals surface area contributed by atoms with Gasteiger partial charge in [0.15, 0.2) is 5.96 Å². The van der Waals surface area contributed by atoms with Crippen molar-refractivity contribution in [3.8, 4) is 5.75 Å². The molecule has 1 fully saturated rings. The van der Waals surface area contributed by atoms with Gasteiger partial charge in [0.1, 0.15) is 24.7 Å². The standard InChI is InChI=1S/C24H36N4O4.HI/c1-2-25-24(26-10-6-14-30-20-22-8-5-15-31-22)27-19-21-7-3-4-9-23(21)32-18-13-28-11-16-29-17-12-28;/h3-5,7-9,15H,2,6,10-14,16-20H2,1H3,(H2,25,26,27);1H. The molecule has 0 atom stereocenters. The average molecular weight is 572 g/mol. The fourth-order valence-electron chi connectivity index (χ4n) is 3.34. The van der Waals surface area contributed by atoms with Crippen LogP contribution in [0.2, 0.25) is 0 Å². The monoisotopic (exact) mass is 572 g/mol. The van der Waals surface area contributed by atoms with Gasteiger partial charge in [-0.05, 0) is 31.5 Å². The van der Waals surface area contributed by atoms with Gasteiger partial charge < -0.3 is 29.3 Å². The molecule has 1 aliphatic heterocycles. The summed E-state index contributed by atoms with van der Waals surface area (Å²) in [6.07, 6.45) is 2.54. The van der Waals surface area contributed by atoms with E-state index in [-0.39, 0.29) is 24.0 Å². The van der Waals surface area contributed by atoms with Crippen molar-refractivity contribution in [1.29, 1.82) is 0 Å². The first-order chi connectivity index (χ1) is 15.8. The highest BCUT2D eigenvalue weighted by Gasteiger charge is 2.10. The SMILES string of the molecule is CCNC(=NCc1ccccc1OCCN1CCOCC1)NCCCOCc1ccco1.I. The number of hydrogen-bond donors (Lipinski definition) is 2. The maximum absolute atomic E-state index is 6.07. The van der Waals surface area contributed by atoms with E-state index in [2.05, 4.69) is 28.5 Å². The molecule has 0 spiro atoms. The fourth-order valence-corrected chi connectivity index (χ4v) is 3.34. The summed E-state index contributed by atoms with van der Waals surface area (Å²) in [5, 5.41) is 6.66. The lowest BCUT2D eigenvalue weighted by Gasteiger charge is -2.26. The van der Waals surface area contributed by atoms with Crippen LogP contribution in [-0.4, -0.2) is 70.0 Å². The summed E-state index contributed by atoms with van der Waals surface area (Å²) in [7, 11) is 0. The molecule has 2 N–H and O–H groups in total. The third-order valence-corrected chi connectivity index (χ3v) is 5.08. The highest BCUT2D eigenvalue weighted by atomic mass is 127. The second-order valence-corrected chi connectivity index (χ2v) is 7.52. The van der Waals surface area contributed by atoms with Gasteiger partial charge in [-0.25, -0.2) is 4.99 Å². The summed E-state index contributed by atoms with van der Waals surface area (Å²) in [5.41, 5.74) is 1.08. The first kappa shape index (κ1) is 27.4. The summed E-state index contributed by atoms with van der Waals surface area (Å²) >= 11 is 0. The third kappa shape index (κ3) is 10.8. The smallest absolute Gasteiger partial charge is 0.191 e. The van der Waals surface area contributed by atoms with Crippen molar-refractivity contribution in [2.24, 2.45) is 4.99 Å². The molecular weight excluding hydrogens is 535 g/mol. The lowest BCUT2D eigenvalue weighted by Crippen LogP contribution is -2.38. The number of rotatable bonds is 13. The number of hydrogen-bond acceptors (Lipinski definition) is 6. The second kappa shape index (κ2) is 16.7. The van der Waals surface area contributed by atoms with E-state index < -0.39 is 0 Å². The van der Waals surface area contributed by atoms with Crippen LogP contribution in [0, 0.1) is 0 Å². The van der Waals surface area contributed by atoms with Crippen LogP contribution in [0.4, 0.5) is 0 Å². The van der Waals surface area contributed by atoms with E-state index in [0.717, 1.165) is 75.4 Å². The first-order valence-corrected chi connectivity index (χ1v) is 11.5. The molecule has 9 heteroatoms. The van der Waals surface area contributed by atoms with Crippen LogP contribution in [0.5, 0.6) is 5.75 Å². The molecular formula is C24H37IN4O4. The van der Waals surface area contributed by atoms with Crippen LogP contribution in [0.25, 0.3) is 0 Å². The van der Waals surface area contributed by atoms with Crippen LogP contribution in [0.3, 0.4) is 0 Å². The molecule has 0 radical (unpaired) electrons. The van der Waals surface area contributed by atoms with Gasteiger partial charge in [0.25, 0.3) is 0 Å². The molecule has 8 nitrogen and oxygen atoms in total. The Morgan fingerprint density at radius 3 is 2.73 bits per heavy atom. The molecule has 1 aromatic carbocycles. The summed E-state index contributed by atoms with van der Waals surface area (Å²) in [4.78, 5) is 7.10. The van der Waals surface area contributed by atoms with Gasteiger partial charge in [-0.15, -0.1) is 24.0 Å². The van der Waals surface area contributed by atoms with Gasteiger partial charge in [-0.2, -0.15) is 0 Å². The topological polar surface area (TPSA) is 80.5 Å². The van der Waals surface area contributed by atoms with E-state index in [1.54, 1.807) is 6.26 Å². The number of aliphatic imine (C=N–C) groups is 1. The van der Waals surface area contributed by atoms with E-state index >= 15 is 0 Å². The quantitative estimate of drug-likeness (QED) is 0.165. The van der Waals surface area contributed by atoms with E-state index in [9.17, 15) is 0 Å². The van der Waals surface area contributed by atoms with Crippen molar-refractivity contribution in [3.05, 3.63) is 54.0 Å². The minimum Gasteiger partial charge on any atom is -0.492 e. The third-order valence-electron chi connectivity index (χ3n) is 5.08. The second-order valence-electron chi connectivity index (χ2n) is 7.52. The number of furan rings is 1. The molecule has 3 rings (SSSR count). The first-order valence-electron chi connectivity index (χ1n) is 11.5. The van der Waals surface area contributed by atoms with Crippen LogP contribution in [0.1, 0.15) is 24.7 Å². The van der Waals surface area contributed by atoms with E-state index in [1.165, 1.54) is 0 Å². The Labute approximate surface area is 214 Å².